The van der Waals surface area contributed by atoms with E-state index >= 15 is 0 Å². The van der Waals surface area contributed by atoms with Gasteiger partial charge < -0.3 is 29.2 Å². The number of aromatic hydroxyl groups is 2. The number of hydrogen-bond donors (Lipinski definition) is 3. The molecule has 1 aromatic heterocycles. The second-order valence-corrected chi connectivity index (χ2v) is 14.3. The summed E-state index contributed by atoms with van der Waals surface area (Å²) in [6.45, 7) is 2.67. The first-order valence-corrected chi connectivity index (χ1v) is 17.5. The molecule has 5 aliphatic rings. The van der Waals surface area contributed by atoms with Gasteiger partial charge in [-0.2, -0.15) is 0 Å². The Labute approximate surface area is 290 Å². The highest BCUT2D eigenvalue weighted by atomic mass is 16.5. The van der Waals surface area contributed by atoms with Gasteiger partial charge in [0.05, 0.1) is 12.0 Å². The highest BCUT2D eigenvalue weighted by molar-refractivity contribution is 5.90. The van der Waals surface area contributed by atoms with Crippen molar-refractivity contribution in [3.8, 4) is 17.2 Å². The van der Waals surface area contributed by atoms with E-state index < -0.39 is 17.0 Å². The zero-order valence-corrected chi connectivity index (χ0v) is 27.6. The maximum absolute atomic E-state index is 11.1. The number of aromatic carboxylic acids is 1. The number of nitrogens with zero attached hydrogens (tertiary/aromatic N) is 1. The van der Waals surface area contributed by atoms with Gasteiger partial charge in [0.25, 0.3) is 0 Å². The number of piperidine rings is 1. The molecule has 3 aliphatic carbocycles. The number of carbonyl (C=O) groups is 1. The van der Waals surface area contributed by atoms with E-state index in [0.29, 0.717) is 12.4 Å². The number of likely N-dealkylation sites (tertiary alicyclic amines) is 1. The van der Waals surface area contributed by atoms with Gasteiger partial charge in [-0.1, -0.05) is 78.9 Å². The number of para-hydroxylation sites is 2. The Balaban J connectivity index is 0.000000293. The molecule has 2 fully saturated rings. The lowest BCUT2D eigenvalue weighted by Gasteiger charge is -2.64. The Morgan fingerprint density at radius 3 is 2.50 bits per heavy atom. The largest absolute Gasteiger partial charge is 0.507 e. The molecule has 4 aromatic carbocycles. The van der Waals surface area contributed by atoms with Crippen LogP contribution in [0.1, 0.15) is 63.7 Å². The van der Waals surface area contributed by atoms with E-state index in [4.69, 9.17) is 24.1 Å². The van der Waals surface area contributed by atoms with Crippen LogP contribution in [0, 0.1) is 5.92 Å². The van der Waals surface area contributed by atoms with Crippen LogP contribution >= 0.6 is 0 Å². The zero-order chi connectivity index (χ0) is 34.0. The van der Waals surface area contributed by atoms with E-state index in [2.05, 4.69) is 65.6 Å². The van der Waals surface area contributed by atoms with Crippen molar-refractivity contribution in [2.45, 2.75) is 55.3 Å². The van der Waals surface area contributed by atoms with Crippen molar-refractivity contribution in [3.63, 3.8) is 0 Å². The van der Waals surface area contributed by atoms with Crippen LogP contribution in [0.15, 0.2) is 101 Å². The molecular formula is C42H39NO7. The number of rotatable bonds is 7. The summed E-state index contributed by atoms with van der Waals surface area (Å²) in [5.74, 6) is 1.26. The highest BCUT2D eigenvalue weighted by Gasteiger charge is 2.74. The van der Waals surface area contributed by atoms with Gasteiger partial charge in [0.15, 0.2) is 17.6 Å². The normalized spacial score (nSPS) is 25.8. The third-order valence-corrected chi connectivity index (χ3v) is 11.6. The van der Waals surface area contributed by atoms with Crippen LogP contribution in [0.3, 0.4) is 0 Å². The quantitative estimate of drug-likeness (QED) is 0.162. The third kappa shape index (κ3) is 4.69. The lowest BCUT2D eigenvalue weighted by atomic mass is 9.49. The summed E-state index contributed by atoms with van der Waals surface area (Å²) in [4.78, 5) is 13.0. The molecule has 0 unspecified atom stereocenters. The summed E-state index contributed by atoms with van der Waals surface area (Å²) < 4.78 is 20.8. The van der Waals surface area contributed by atoms with E-state index in [9.17, 15) is 9.90 Å². The van der Waals surface area contributed by atoms with E-state index in [1.165, 1.54) is 41.7 Å². The molecule has 5 aromatic rings. The second-order valence-electron chi connectivity index (χ2n) is 14.3. The molecule has 4 atom stereocenters. The average Bonchev–Trinajstić information content (AvgIpc) is 3.77. The molecule has 1 saturated heterocycles. The fourth-order valence-corrected chi connectivity index (χ4v) is 9.27. The molecule has 8 nitrogen and oxygen atoms in total. The molecule has 50 heavy (non-hydrogen) atoms. The first-order chi connectivity index (χ1) is 24.4. The molecule has 2 bridgehead atoms. The zero-order valence-electron chi connectivity index (χ0n) is 27.6. The maximum Gasteiger partial charge on any atom is 0.339 e. The lowest BCUT2D eigenvalue weighted by molar-refractivity contribution is -0.201. The van der Waals surface area contributed by atoms with Crippen LogP contribution in [-0.4, -0.2) is 57.5 Å². The Morgan fingerprint density at radius 2 is 1.72 bits per heavy atom. The first-order valence-electron chi connectivity index (χ1n) is 17.5. The summed E-state index contributed by atoms with van der Waals surface area (Å²) in [6.07, 6.45) is 9.26. The van der Waals surface area contributed by atoms with Crippen molar-refractivity contribution in [3.05, 3.63) is 131 Å². The van der Waals surface area contributed by atoms with Crippen molar-refractivity contribution < 1.29 is 34.0 Å². The first kappa shape index (κ1) is 31.0. The molecule has 8 heteroatoms. The number of benzene rings is 4. The number of fused-ring (bicyclic) bond motifs is 4. The Bertz CT molecular complexity index is 2130. The van der Waals surface area contributed by atoms with Crippen molar-refractivity contribution >= 4 is 23.0 Å². The Kier molecular flexibility index (Phi) is 7.30. The standard InChI is InChI=1S/C35H33NO4.C7H6O3/c37-27-15-14-24-19-29-35(38-18-6-9-22-7-2-1-3-8-22)20-26-25-10-4-5-11-28(25)39-31(26)33-34(35,30(24)32(27)40-33)16-17-36(29)21-23-12-13-23;8-6-4-2-1-3-5(6)7(9)10/h1-11,14-15,23,29,33,37H,12-13,16-21H2;1-4,8H,(H,9,10)/b9-6+;/t29-,33+,34+,35-;/m1./s1. The van der Waals surface area contributed by atoms with Gasteiger partial charge in [-0.15, -0.1) is 0 Å². The Morgan fingerprint density at radius 1 is 0.940 bits per heavy atom. The van der Waals surface area contributed by atoms with E-state index in [1.54, 1.807) is 12.1 Å². The molecule has 1 spiro atoms. The van der Waals surface area contributed by atoms with Gasteiger partial charge in [0, 0.05) is 35.5 Å². The molecule has 3 heterocycles. The van der Waals surface area contributed by atoms with Crippen molar-refractivity contribution in [2.24, 2.45) is 5.92 Å². The predicted octanol–water partition coefficient (Wildman–Crippen LogP) is 7.67. The van der Waals surface area contributed by atoms with Gasteiger partial charge >= 0.3 is 5.97 Å². The number of carboxylic acid groups (broad SMARTS) is 1. The lowest BCUT2D eigenvalue weighted by Crippen LogP contribution is -2.75. The van der Waals surface area contributed by atoms with E-state index in [-0.39, 0.29) is 29.2 Å². The minimum Gasteiger partial charge on any atom is -0.507 e. The van der Waals surface area contributed by atoms with Crippen LogP contribution in [0.5, 0.6) is 17.2 Å². The number of hydrogen-bond acceptors (Lipinski definition) is 7. The molecule has 10 rings (SSSR count). The number of phenols is 2. The van der Waals surface area contributed by atoms with Gasteiger partial charge in [-0.05, 0) is 73.5 Å². The summed E-state index contributed by atoms with van der Waals surface area (Å²) >= 11 is 0. The molecular weight excluding hydrogens is 630 g/mol. The minimum absolute atomic E-state index is 0.0671. The van der Waals surface area contributed by atoms with Gasteiger partial charge in [-0.25, -0.2) is 4.79 Å². The number of phenolic OH excluding ortho intramolecular Hbond substituents is 1. The van der Waals surface area contributed by atoms with Crippen molar-refractivity contribution in [2.75, 3.05) is 19.7 Å². The van der Waals surface area contributed by atoms with Gasteiger partial charge in [-0.3, -0.25) is 4.90 Å². The highest BCUT2D eigenvalue weighted by Crippen LogP contribution is 2.70. The van der Waals surface area contributed by atoms with Crippen molar-refractivity contribution in [1.29, 1.82) is 0 Å². The topological polar surface area (TPSA) is 113 Å². The number of ether oxygens (including phenoxy) is 2. The summed E-state index contributed by atoms with van der Waals surface area (Å²) in [7, 11) is 0. The average molecular weight is 670 g/mol. The van der Waals surface area contributed by atoms with Gasteiger partial charge in [0.2, 0.25) is 0 Å². The fraction of sp³-hybridized carbons (Fsp3) is 0.310. The van der Waals surface area contributed by atoms with Crippen molar-refractivity contribution in [1.82, 2.24) is 4.90 Å². The van der Waals surface area contributed by atoms with Crippen LogP contribution in [0.2, 0.25) is 0 Å². The molecule has 1 saturated carbocycles. The van der Waals surface area contributed by atoms with Crippen LogP contribution < -0.4 is 4.74 Å². The van der Waals surface area contributed by atoms with E-state index in [0.717, 1.165) is 60.6 Å². The molecule has 3 N–H and O–H groups in total. The molecule has 0 amide bonds. The third-order valence-electron chi connectivity index (χ3n) is 11.6. The summed E-state index contributed by atoms with van der Waals surface area (Å²) in [6, 6.07) is 28.8. The summed E-state index contributed by atoms with van der Waals surface area (Å²) in [5.41, 5.74) is 4.75. The van der Waals surface area contributed by atoms with E-state index in [1.807, 2.05) is 18.2 Å². The SMILES string of the molecule is O=C(O)c1ccccc1O.Oc1ccc2c3c1O[C@H]1c4oc5ccccc5c4C[C@@]4(OC/C=C/c5ccccc5)[C@@H](C2)N(CC2CC2)CC[C@]314. The molecule has 2 aliphatic heterocycles. The Hall–Kier alpha value is -5.05. The number of furan rings is 1. The minimum atomic E-state index is -1.11. The van der Waals surface area contributed by atoms with Crippen LogP contribution in [-0.2, 0) is 23.0 Å². The molecule has 254 valence electrons. The second kappa shape index (κ2) is 11.8. The van der Waals surface area contributed by atoms with Crippen LogP contribution in [0.25, 0.3) is 17.0 Å². The maximum atomic E-state index is 11.1. The predicted molar refractivity (Wildman–Crippen MR) is 189 cm³/mol. The monoisotopic (exact) mass is 669 g/mol. The molecule has 0 radical (unpaired) electrons. The summed E-state index contributed by atoms with van der Waals surface area (Å²) in [5, 5.41) is 29.5. The number of carboxylic acids is 1. The smallest absolute Gasteiger partial charge is 0.339 e. The van der Waals surface area contributed by atoms with Crippen LogP contribution in [0.4, 0.5) is 0 Å². The van der Waals surface area contributed by atoms with Gasteiger partial charge in [0.1, 0.15) is 28.3 Å². The fourth-order valence-electron chi connectivity index (χ4n) is 9.27.